The van der Waals surface area contributed by atoms with E-state index in [0.717, 1.165) is 32.4 Å². The van der Waals surface area contributed by atoms with E-state index < -0.39 is 0 Å². The summed E-state index contributed by atoms with van der Waals surface area (Å²) in [6.45, 7) is 4.32. The average molecular weight is 310 g/mol. The summed E-state index contributed by atoms with van der Waals surface area (Å²) in [4.78, 5) is 25.9. The fraction of sp³-hybridized carbons (Fsp3) is 0.600. The predicted octanol–water partition coefficient (Wildman–Crippen LogP) is -0.424. The standard InChI is InChI=1S/C15H23N3O2S/c1-11(18-8-5-12(6-9-18)14(16)19)15(20)17-7-4-13-3-2-10-21-13/h2-3,10-12H,4-9H2,1H3,(H2,16,19)(H,17,20)/p+1/t11-/m1/s1. The highest BCUT2D eigenvalue weighted by molar-refractivity contribution is 7.09. The van der Waals surface area contributed by atoms with Crippen molar-refractivity contribution in [3.63, 3.8) is 0 Å². The quantitative estimate of drug-likeness (QED) is 0.667. The summed E-state index contributed by atoms with van der Waals surface area (Å²) in [7, 11) is 0. The van der Waals surface area contributed by atoms with E-state index >= 15 is 0 Å². The Kier molecular flexibility index (Phi) is 5.76. The van der Waals surface area contributed by atoms with Gasteiger partial charge in [0.1, 0.15) is 0 Å². The first kappa shape index (κ1) is 16.0. The van der Waals surface area contributed by atoms with Gasteiger partial charge in [-0.1, -0.05) is 6.07 Å². The smallest absolute Gasteiger partial charge is 0.278 e. The molecule has 2 amide bonds. The van der Waals surface area contributed by atoms with Gasteiger partial charge in [0.05, 0.1) is 13.1 Å². The number of hydrogen-bond donors (Lipinski definition) is 3. The summed E-state index contributed by atoms with van der Waals surface area (Å²) < 4.78 is 0. The molecule has 0 aromatic carbocycles. The molecule has 1 aromatic heterocycles. The zero-order chi connectivity index (χ0) is 15.2. The molecule has 21 heavy (non-hydrogen) atoms. The number of thiophene rings is 1. The molecule has 0 bridgehead atoms. The van der Waals surface area contributed by atoms with Crippen LogP contribution in [-0.2, 0) is 16.0 Å². The van der Waals surface area contributed by atoms with Crippen LogP contribution in [0, 0.1) is 5.92 Å². The SMILES string of the molecule is C[C@H](C(=O)NCCc1cccs1)[NH+]1CCC(C(N)=O)CC1. The minimum atomic E-state index is -0.206. The number of quaternary nitrogens is 1. The first-order valence-corrected chi connectivity index (χ1v) is 8.40. The van der Waals surface area contributed by atoms with E-state index in [4.69, 9.17) is 5.73 Å². The van der Waals surface area contributed by atoms with Crippen molar-refractivity contribution in [3.05, 3.63) is 22.4 Å². The van der Waals surface area contributed by atoms with Gasteiger partial charge in [-0.2, -0.15) is 0 Å². The maximum absolute atomic E-state index is 12.2. The summed E-state index contributed by atoms with van der Waals surface area (Å²) >= 11 is 1.71. The van der Waals surface area contributed by atoms with Crippen LogP contribution < -0.4 is 16.0 Å². The summed E-state index contributed by atoms with van der Waals surface area (Å²) in [6.07, 6.45) is 2.46. The summed E-state index contributed by atoms with van der Waals surface area (Å²) in [6, 6.07) is 4.04. The third kappa shape index (κ3) is 4.54. The molecule has 4 N–H and O–H groups in total. The van der Waals surface area contributed by atoms with Crippen molar-refractivity contribution in [2.45, 2.75) is 32.2 Å². The highest BCUT2D eigenvalue weighted by Gasteiger charge is 2.31. The first-order valence-electron chi connectivity index (χ1n) is 7.52. The van der Waals surface area contributed by atoms with Gasteiger partial charge in [0, 0.05) is 30.2 Å². The molecule has 1 aromatic rings. The van der Waals surface area contributed by atoms with Gasteiger partial charge >= 0.3 is 0 Å². The van der Waals surface area contributed by atoms with Gasteiger partial charge in [-0.05, 0) is 24.8 Å². The van der Waals surface area contributed by atoms with E-state index in [0.29, 0.717) is 6.54 Å². The van der Waals surface area contributed by atoms with Crippen molar-refractivity contribution < 1.29 is 14.5 Å². The summed E-state index contributed by atoms with van der Waals surface area (Å²) in [5.41, 5.74) is 5.33. The number of nitrogens with two attached hydrogens (primary N) is 1. The molecule has 1 aliphatic rings. The maximum Gasteiger partial charge on any atom is 0.278 e. The minimum Gasteiger partial charge on any atom is -0.369 e. The van der Waals surface area contributed by atoms with Crippen molar-refractivity contribution in [2.75, 3.05) is 19.6 Å². The van der Waals surface area contributed by atoms with Gasteiger partial charge in [0.25, 0.3) is 5.91 Å². The van der Waals surface area contributed by atoms with Crippen LogP contribution in [0.25, 0.3) is 0 Å². The lowest BCUT2D eigenvalue weighted by molar-refractivity contribution is -0.919. The van der Waals surface area contributed by atoms with Crippen molar-refractivity contribution in [1.29, 1.82) is 0 Å². The Bertz CT molecular complexity index is 467. The molecule has 1 saturated heterocycles. The second-order valence-electron chi connectivity index (χ2n) is 5.68. The van der Waals surface area contributed by atoms with Crippen molar-refractivity contribution in [2.24, 2.45) is 11.7 Å². The lowest BCUT2D eigenvalue weighted by atomic mass is 9.95. The molecular weight excluding hydrogens is 286 g/mol. The maximum atomic E-state index is 12.2. The number of likely N-dealkylation sites (tertiary alicyclic amines) is 1. The van der Waals surface area contributed by atoms with E-state index in [2.05, 4.69) is 11.4 Å². The van der Waals surface area contributed by atoms with E-state index in [1.165, 1.54) is 9.78 Å². The Labute approximate surface area is 129 Å². The molecule has 0 radical (unpaired) electrons. The van der Waals surface area contributed by atoms with Crippen molar-refractivity contribution >= 4 is 23.2 Å². The lowest BCUT2D eigenvalue weighted by Gasteiger charge is -2.31. The molecule has 1 fully saturated rings. The van der Waals surface area contributed by atoms with Gasteiger partial charge in [0.2, 0.25) is 5.91 Å². The molecule has 0 saturated carbocycles. The molecule has 1 atom stereocenters. The van der Waals surface area contributed by atoms with Gasteiger partial charge < -0.3 is 16.0 Å². The van der Waals surface area contributed by atoms with Crippen LogP contribution in [0.2, 0.25) is 0 Å². The number of primary amides is 1. The zero-order valence-electron chi connectivity index (χ0n) is 12.4. The van der Waals surface area contributed by atoms with E-state index in [1.807, 2.05) is 18.4 Å². The average Bonchev–Trinajstić information content (AvgIpc) is 2.99. The Morgan fingerprint density at radius 1 is 1.48 bits per heavy atom. The second-order valence-corrected chi connectivity index (χ2v) is 6.71. The molecule has 2 rings (SSSR count). The van der Waals surface area contributed by atoms with Gasteiger partial charge in [-0.25, -0.2) is 0 Å². The number of hydrogen-bond acceptors (Lipinski definition) is 3. The highest BCUT2D eigenvalue weighted by atomic mass is 32.1. The van der Waals surface area contributed by atoms with E-state index in [-0.39, 0.29) is 23.8 Å². The first-order chi connectivity index (χ1) is 10.1. The van der Waals surface area contributed by atoms with Gasteiger partial charge in [-0.3, -0.25) is 9.59 Å². The minimum absolute atomic E-state index is 0.0113. The second kappa shape index (κ2) is 7.56. The molecule has 0 unspecified atom stereocenters. The summed E-state index contributed by atoms with van der Waals surface area (Å²) in [5.74, 6) is -0.121. The number of carbonyl (C=O) groups excluding carboxylic acids is 2. The zero-order valence-corrected chi connectivity index (χ0v) is 13.2. The molecule has 0 spiro atoms. The number of carbonyl (C=O) groups is 2. The van der Waals surface area contributed by atoms with Crippen molar-refractivity contribution in [1.82, 2.24) is 5.32 Å². The molecule has 6 heteroatoms. The van der Waals surface area contributed by atoms with Crippen LogP contribution in [0.4, 0.5) is 0 Å². The predicted molar refractivity (Wildman–Crippen MR) is 83.1 cm³/mol. The monoisotopic (exact) mass is 310 g/mol. The van der Waals surface area contributed by atoms with E-state index in [9.17, 15) is 9.59 Å². The molecule has 116 valence electrons. The fourth-order valence-corrected chi connectivity index (χ4v) is 3.52. The molecule has 2 heterocycles. The van der Waals surface area contributed by atoms with Crippen LogP contribution >= 0.6 is 11.3 Å². The number of amides is 2. The number of rotatable bonds is 6. The third-order valence-electron chi connectivity index (χ3n) is 4.29. The Morgan fingerprint density at radius 3 is 2.76 bits per heavy atom. The molecule has 5 nitrogen and oxygen atoms in total. The molecule has 1 aliphatic heterocycles. The van der Waals surface area contributed by atoms with Crippen LogP contribution in [0.15, 0.2) is 17.5 Å². The Hall–Kier alpha value is -1.40. The van der Waals surface area contributed by atoms with Gasteiger partial charge in [0.15, 0.2) is 6.04 Å². The van der Waals surface area contributed by atoms with Crippen LogP contribution in [0.5, 0.6) is 0 Å². The number of nitrogens with one attached hydrogen (secondary N) is 2. The third-order valence-corrected chi connectivity index (χ3v) is 5.22. The van der Waals surface area contributed by atoms with Crippen LogP contribution in [-0.4, -0.2) is 37.5 Å². The normalized spacial score (nSPS) is 23.5. The van der Waals surface area contributed by atoms with E-state index in [1.54, 1.807) is 11.3 Å². The lowest BCUT2D eigenvalue weighted by Crippen LogP contribution is -3.17. The largest absolute Gasteiger partial charge is 0.369 e. The summed E-state index contributed by atoms with van der Waals surface area (Å²) in [5, 5.41) is 5.06. The van der Waals surface area contributed by atoms with Crippen LogP contribution in [0.1, 0.15) is 24.6 Å². The molecular formula is C15H24N3O2S+. The topological polar surface area (TPSA) is 76.6 Å². The van der Waals surface area contributed by atoms with Gasteiger partial charge in [-0.15, -0.1) is 11.3 Å². The Balaban J connectivity index is 1.71. The van der Waals surface area contributed by atoms with Crippen LogP contribution in [0.3, 0.4) is 0 Å². The van der Waals surface area contributed by atoms with Crippen molar-refractivity contribution in [3.8, 4) is 0 Å². The highest BCUT2D eigenvalue weighted by Crippen LogP contribution is 2.09. The Morgan fingerprint density at radius 2 is 2.19 bits per heavy atom. The number of piperidine rings is 1. The fourth-order valence-electron chi connectivity index (χ4n) is 2.81. The molecule has 0 aliphatic carbocycles.